The molecule has 7 heteroatoms. The average molecular weight is 385 g/mol. The van der Waals surface area contributed by atoms with Gasteiger partial charge in [-0.05, 0) is 54.8 Å². The molecule has 1 aliphatic rings. The van der Waals surface area contributed by atoms with Crippen LogP contribution in [0.2, 0.25) is 0 Å². The molecule has 1 heterocycles. The molecule has 1 amide bonds. The van der Waals surface area contributed by atoms with Gasteiger partial charge in [0.2, 0.25) is 0 Å². The third-order valence-corrected chi connectivity index (χ3v) is 4.33. The molecule has 148 valence electrons. The Kier molecular flexibility index (Phi) is 6.03. The second-order valence-electron chi connectivity index (χ2n) is 6.64. The Labute approximate surface area is 163 Å². The number of amides is 1. The van der Waals surface area contributed by atoms with Gasteiger partial charge in [0.25, 0.3) is 5.91 Å². The first-order valence-corrected chi connectivity index (χ1v) is 9.06. The van der Waals surface area contributed by atoms with Gasteiger partial charge in [-0.15, -0.1) is 0 Å². The van der Waals surface area contributed by atoms with Crippen molar-refractivity contribution < 1.29 is 28.9 Å². The lowest BCUT2D eigenvalue weighted by atomic mass is 10.0. The average Bonchev–Trinajstić information content (AvgIpc) is 2.90. The van der Waals surface area contributed by atoms with Crippen LogP contribution in [0, 0.1) is 13.8 Å². The van der Waals surface area contributed by atoms with Crippen LogP contribution in [0.25, 0.3) is 0 Å². The minimum absolute atomic E-state index is 0.219. The zero-order valence-corrected chi connectivity index (χ0v) is 15.9. The molecule has 0 atom stereocenters. The molecule has 3 rings (SSSR count). The monoisotopic (exact) mass is 385 g/mol. The minimum Gasteiger partial charge on any atom is -0.490 e. The maximum Gasteiger partial charge on any atom is 0.341 e. The van der Waals surface area contributed by atoms with Crippen LogP contribution in [-0.4, -0.2) is 36.8 Å². The summed E-state index contributed by atoms with van der Waals surface area (Å²) >= 11 is 0. The summed E-state index contributed by atoms with van der Waals surface area (Å²) in [6, 6.07) is 9.00. The van der Waals surface area contributed by atoms with E-state index in [9.17, 15) is 9.59 Å². The van der Waals surface area contributed by atoms with Crippen LogP contribution in [0.15, 0.2) is 30.3 Å². The normalized spacial score (nSPS) is 12.8. The van der Waals surface area contributed by atoms with E-state index in [2.05, 4.69) is 5.32 Å². The first kappa shape index (κ1) is 19.5. The van der Waals surface area contributed by atoms with Crippen LogP contribution in [0.3, 0.4) is 0 Å². The van der Waals surface area contributed by atoms with Crippen LogP contribution in [0.1, 0.15) is 33.5 Å². The number of carbonyl (C=O) groups is 2. The van der Waals surface area contributed by atoms with Crippen LogP contribution < -0.4 is 19.5 Å². The van der Waals surface area contributed by atoms with Crippen molar-refractivity contribution in [2.24, 2.45) is 0 Å². The summed E-state index contributed by atoms with van der Waals surface area (Å²) in [5, 5.41) is 11.7. The second kappa shape index (κ2) is 8.65. The molecule has 1 aliphatic heterocycles. The second-order valence-corrected chi connectivity index (χ2v) is 6.64. The van der Waals surface area contributed by atoms with Crippen LogP contribution in [0.5, 0.6) is 17.2 Å². The topological polar surface area (TPSA) is 94.1 Å². The van der Waals surface area contributed by atoms with E-state index in [1.54, 1.807) is 26.0 Å². The number of aryl methyl sites for hydroxylation is 2. The fraction of sp³-hybridized carbons (Fsp3) is 0.333. The standard InChI is InChI=1S/C21H23NO6/c1-13-8-16(9-14(2)20(13)28-12-19(23)24)21(25)22-11-15-4-5-17-18(10-15)27-7-3-6-26-17/h4-5,8-10H,3,6-7,11-12H2,1-2H3,(H,22,25)(H,23,24). The number of carboxylic acid groups (broad SMARTS) is 1. The van der Waals surface area contributed by atoms with E-state index in [4.69, 9.17) is 19.3 Å². The van der Waals surface area contributed by atoms with Crippen molar-refractivity contribution in [3.8, 4) is 17.2 Å². The summed E-state index contributed by atoms with van der Waals surface area (Å²) in [7, 11) is 0. The fourth-order valence-corrected chi connectivity index (χ4v) is 3.05. The van der Waals surface area contributed by atoms with Gasteiger partial charge in [-0.3, -0.25) is 4.79 Å². The summed E-state index contributed by atoms with van der Waals surface area (Å²) in [6.45, 7) is 4.74. The Balaban J connectivity index is 1.66. The van der Waals surface area contributed by atoms with Gasteiger partial charge in [0.1, 0.15) is 5.75 Å². The number of carboxylic acids is 1. The molecule has 0 radical (unpaired) electrons. The van der Waals surface area contributed by atoms with Gasteiger partial charge in [-0.25, -0.2) is 4.79 Å². The molecule has 0 spiro atoms. The van der Waals surface area contributed by atoms with Gasteiger partial charge in [-0.2, -0.15) is 0 Å². The van der Waals surface area contributed by atoms with Crippen molar-refractivity contribution in [2.45, 2.75) is 26.8 Å². The van der Waals surface area contributed by atoms with E-state index in [0.29, 0.717) is 47.9 Å². The molecule has 0 aliphatic carbocycles. The lowest BCUT2D eigenvalue weighted by Crippen LogP contribution is -2.23. The Morgan fingerprint density at radius 2 is 1.75 bits per heavy atom. The molecule has 28 heavy (non-hydrogen) atoms. The van der Waals surface area contributed by atoms with Gasteiger partial charge < -0.3 is 24.6 Å². The fourth-order valence-electron chi connectivity index (χ4n) is 3.05. The number of rotatable bonds is 6. The third kappa shape index (κ3) is 4.73. The molecule has 0 saturated carbocycles. The van der Waals surface area contributed by atoms with Crippen molar-refractivity contribution in [2.75, 3.05) is 19.8 Å². The highest BCUT2D eigenvalue weighted by atomic mass is 16.5. The van der Waals surface area contributed by atoms with Crippen molar-refractivity contribution in [1.82, 2.24) is 5.32 Å². The number of nitrogens with one attached hydrogen (secondary N) is 1. The van der Waals surface area contributed by atoms with Crippen LogP contribution in [-0.2, 0) is 11.3 Å². The molecule has 2 N–H and O–H groups in total. The molecule has 0 saturated heterocycles. The quantitative estimate of drug-likeness (QED) is 0.794. The van der Waals surface area contributed by atoms with E-state index in [0.717, 1.165) is 17.7 Å². The van der Waals surface area contributed by atoms with Crippen molar-refractivity contribution >= 4 is 11.9 Å². The highest BCUT2D eigenvalue weighted by Crippen LogP contribution is 2.30. The molecule has 0 fully saturated rings. The summed E-state index contributed by atoms with van der Waals surface area (Å²) in [6.07, 6.45) is 0.839. The number of hydrogen-bond acceptors (Lipinski definition) is 5. The summed E-state index contributed by atoms with van der Waals surface area (Å²) < 4.78 is 16.6. The first-order valence-electron chi connectivity index (χ1n) is 9.06. The van der Waals surface area contributed by atoms with Gasteiger partial charge in [-0.1, -0.05) is 6.07 Å². The summed E-state index contributed by atoms with van der Waals surface area (Å²) in [5.41, 5.74) is 2.82. The lowest BCUT2D eigenvalue weighted by Gasteiger charge is -2.13. The number of benzene rings is 2. The Bertz CT molecular complexity index is 869. The minimum atomic E-state index is -1.05. The predicted octanol–water partition coefficient (Wildman–Crippen LogP) is 2.86. The summed E-state index contributed by atoms with van der Waals surface area (Å²) in [5.74, 6) is 0.632. The predicted molar refractivity (Wildman–Crippen MR) is 102 cm³/mol. The number of ether oxygens (including phenoxy) is 3. The highest BCUT2D eigenvalue weighted by molar-refractivity contribution is 5.94. The van der Waals surface area contributed by atoms with Gasteiger partial charge in [0, 0.05) is 18.5 Å². The lowest BCUT2D eigenvalue weighted by molar-refractivity contribution is -0.139. The number of hydrogen-bond donors (Lipinski definition) is 2. The van der Waals surface area contributed by atoms with Crippen LogP contribution >= 0.6 is 0 Å². The zero-order valence-electron chi connectivity index (χ0n) is 15.9. The Morgan fingerprint density at radius 1 is 1.07 bits per heavy atom. The van der Waals surface area contributed by atoms with Crippen LogP contribution in [0.4, 0.5) is 0 Å². The zero-order chi connectivity index (χ0) is 20.1. The molecule has 7 nitrogen and oxygen atoms in total. The van der Waals surface area contributed by atoms with Crippen molar-refractivity contribution in [3.05, 3.63) is 52.6 Å². The Hall–Kier alpha value is -3.22. The highest BCUT2D eigenvalue weighted by Gasteiger charge is 2.14. The largest absolute Gasteiger partial charge is 0.490 e. The molecular formula is C21H23NO6. The van der Waals surface area contributed by atoms with E-state index in [1.165, 1.54) is 0 Å². The number of fused-ring (bicyclic) bond motifs is 1. The molecule has 0 unspecified atom stereocenters. The van der Waals surface area contributed by atoms with Crippen molar-refractivity contribution in [1.29, 1.82) is 0 Å². The number of aliphatic carboxylic acids is 1. The third-order valence-electron chi connectivity index (χ3n) is 4.33. The van der Waals surface area contributed by atoms with E-state index >= 15 is 0 Å². The SMILES string of the molecule is Cc1cc(C(=O)NCc2ccc3c(c2)OCCCO3)cc(C)c1OCC(=O)O. The molecule has 0 aromatic heterocycles. The van der Waals surface area contributed by atoms with E-state index in [-0.39, 0.29) is 5.91 Å². The molecule has 0 bridgehead atoms. The van der Waals surface area contributed by atoms with E-state index < -0.39 is 12.6 Å². The molecule has 2 aromatic carbocycles. The first-order chi connectivity index (χ1) is 13.4. The molecule has 2 aromatic rings. The van der Waals surface area contributed by atoms with Gasteiger partial charge in [0.05, 0.1) is 13.2 Å². The van der Waals surface area contributed by atoms with Crippen molar-refractivity contribution in [3.63, 3.8) is 0 Å². The summed E-state index contributed by atoms with van der Waals surface area (Å²) in [4.78, 5) is 23.2. The smallest absolute Gasteiger partial charge is 0.341 e. The maximum absolute atomic E-state index is 12.5. The number of carbonyl (C=O) groups excluding carboxylic acids is 1. The maximum atomic E-state index is 12.5. The van der Waals surface area contributed by atoms with Gasteiger partial charge >= 0.3 is 5.97 Å². The van der Waals surface area contributed by atoms with Gasteiger partial charge in [0.15, 0.2) is 18.1 Å². The Morgan fingerprint density at radius 3 is 2.43 bits per heavy atom. The molecular weight excluding hydrogens is 362 g/mol. The van der Waals surface area contributed by atoms with E-state index in [1.807, 2.05) is 18.2 Å².